The zero-order valence-electron chi connectivity index (χ0n) is 37.4. The van der Waals surface area contributed by atoms with Crippen LogP contribution in [0.25, 0.3) is 78.4 Å². The molecule has 2 heterocycles. The average molecular weight is 880 g/mol. The lowest BCUT2D eigenvalue weighted by atomic mass is 9.67. The van der Waals surface area contributed by atoms with E-state index in [1.165, 1.54) is 50.1 Å². The molecule has 2 aliphatic carbocycles. The molecule has 0 spiro atoms. The lowest BCUT2D eigenvalue weighted by molar-refractivity contribution is 0.669. The van der Waals surface area contributed by atoms with Gasteiger partial charge in [0.1, 0.15) is 11.2 Å². The van der Waals surface area contributed by atoms with Crippen LogP contribution >= 0.6 is 0 Å². The Kier molecular flexibility index (Phi) is 8.68. The summed E-state index contributed by atoms with van der Waals surface area (Å²) in [5.74, 6) is 1.82. The van der Waals surface area contributed by atoms with Crippen molar-refractivity contribution in [2.45, 2.75) is 10.8 Å². The molecule has 0 saturated carbocycles. The predicted octanol–water partition coefficient (Wildman–Crippen LogP) is 15.5. The molecule has 0 fully saturated rings. The molecule has 2 aliphatic rings. The largest absolute Gasteiger partial charge is 0.455 e. The first-order valence-corrected chi connectivity index (χ1v) is 23.6. The summed E-state index contributed by atoms with van der Waals surface area (Å²) in [4.78, 5) is 16.1. The quantitative estimate of drug-likeness (QED) is 0.160. The molecule has 0 amide bonds. The molecule has 12 aromatic rings. The van der Waals surface area contributed by atoms with Gasteiger partial charge in [0.2, 0.25) is 0 Å². The molecule has 4 heteroatoms. The van der Waals surface area contributed by atoms with Crippen LogP contribution in [-0.4, -0.2) is 15.0 Å². The van der Waals surface area contributed by atoms with Crippen LogP contribution in [0.3, 0.4) is 0 Å². The Hall–Kier alpha value is -8.99. The first kappa shape index (κ1) is 39.2. The lowest BCUT2D eigenvalue weighted by Crippen LogP contribution is -2.28. The third-order valence-corrected chi connectivity index (χ3v) is 14.7. The average Bonchev–Trinajstić information content (AvgIpc) is 4.07. The normalized spacial score (nSPS) is 13.7. The summed E-state index contributed by atoms with van der Waals surface area (Å²) in [5, 5.41) is 2.21. The summed E-state index contributed by atoms with van der Waals surface area (Å²) in [5.41, 5.74) is 17.5. The Morgan fingerprint density at radius 1 is 0.290 bits per heavy atom. The zero-order chi connectivity index (χ0) is 45.5. The van der Waals surface area contributed by atoms with E-state index in [4.69, 9.17) is 19.4 Å². The van der Waals surface area contributed by atoms with E-state index >= 15 is 0 Å². The van der Waals surface area contributed by atoms with Gasteiger partial charge in [0, 0.05) is 33.0 Å². The highest BCUT2D eigenvalue weighted by Gasteiger charge is 2.48. The molecule has 10 aromatic carbocycles. The molecule has 322 valence electrons. The van der Waals surface area contributed by atoms with Gasteiger partial charge in [-0.1, -0.05) is 231 Å². The van der Waals surface area contributed by atoms with Gasteiger partial charge < -0.3 is 4.42 Å². The van der Waals surface area contributed by atoms with Crippen LogP contribution < -0.4 is 0 Å². The highest BCUT2D eigenvalue weighted by molar-refractivity contribution is 6.12. The number of aromatic nitrogens is 3. The highest BCUT2D eigenvalue weighted by Crippen LogP contribution is 2.60. The van der Waals surface area contributed by atoms with Crippen LogP contribution in [0.1, 0.15) is 44.5 Å². The van der Waals surface area contributed by atoms with Gasteiger partial charge in [-0.25, -0.2) is 15.0 Å². The van der Waals surface area contributed by atoms with E-state index in [1.807, 2.05) is 24.3 Å². The molecule has 14 rings (SSSR count). The van der Waals surface area contributed by atoms with Crippen LogP contribution in [0.2, 0.25) is 0 Å². The second-order valence-corrected chi connectivity index (χ2v) is 18.2. The number of nitrogens with zero attached hydrogens (tertiary/aromatic N) is 3. The van der Waals surface area contributed by atoms with E-state index in [9.17, 15) is 0 Å². The Morgan fingerprint density at radius 3 is 1.30 bits per heavy atom. The number of furan rings is 1. The summed E-state index contributed by atoms with van der Waals surface area (Å²) < 4.78 is 6.85. The first-order valence-electron chi connectivity index (χ1n) is 23.6. The number of para-hydroxylation sites is 1. The van der Waals surface area contributed by atoms with E-state index in [0.29, 0.717) is 17.5 Å². The molecule has 0 atom stereocenters. The maximum Gasteiger partial charge on any atom is 0.164 e. The third kappa shape index (κ3) is 5.66. The summed E-state index contributed by atoms with van der Waals surface area (Å²) in [6.45, 7) is 0. The van der Waals surface area contributed by atoms with Crippen molar-refractivity contribution >= 4 is 21.9 Å². The van der Waals surface area contributed by atoms with Gasteiger partial charge in [-0.3, -0.25) is 0 Å². The van der Waals surface area contributed by atoms with Crippen molar-refractivity contribution in [1.29, 1.82) is 0 Å². The second kappa shape index (κ2) is 15.3. The van der Waals surface area contributed by atoms with Crippen molar-refractivity contribution in [3.8, 4) is 56.4 Å². The number of fused-ring (bicyclic) bond motifs is 10. The first-order chi connectivity index (χ1) is 34.2. The Balaban J connectivity index is 1.02. The third-order valence-electron chi connectivity index (χ3n) is 14.7. The van der Waals surface area contributed by atoms with Crippen LogP contribution in [0.4, 0.5) is 0 Å². The van der Waals surface area contributed by atoms with E-state index in [2.05, 4.69) is 224 Å². The molecule has 0 unspecified atom stereocenters. The van der Waals surface area contributed by atoms with Crippen LogP contribution in [0, 0.1) is 0 Å². The molecule has 0 radical (unpaired) electrons. The van der Waals surface area contributed by atoms with Crippen LogP contribution in [-0.2, 0) is 10.8 Å². The Bertz CT molecular complexity index is 3860. The molecule has 0 saturated heterocycles. The standard InChI is InChI=1S/C65H41N3O/c1-6-20-42(21-7-1)61-66-62(43-34-36-50-49-30-16-18-32-54(49)64(56(50)40-43,45-22-8-2-9-23-45)46-24-10-3-11-25-46)68-63(67-61)44-35-37-53-57(41-44)65(47-26-12-4-13-27-47,48-28-14-5-15-29-48)55-39-38-52-51-31-17-19-33-58(51)69-60(52)59(53)55/h1-41H. The number of hydrogen-bond acceptors (Lipinski definition) is 4. The molecule has 4 nitrogen and oxygen atoms in total. The van der Waals surface area contributed by atoms with E-state index in [1.54, 1.807) is 0 Å². The second-order valence-electron chi connectivity index (χ2n) is 18.2. The van der Waals surface area contributed by atoms with Gasteiger partial charge in [0.15, 0.2) is 17.5 Å². The maximum atomic E-state index is 6.85. The SMILES string of the molecule is c1ccc(-c2nc(-c3ccc4c(c3)C(c3ccccc3)(c3ccccc3)c3ccccc3-4)nc(-c3ccc4c(c3)C(c3ccccc3)(c3ccccc3)c3ccc5c(oc6ccccc65)c3-4)n2)cc1. The van der Waals surface area contributed by atoms with Gasteiger partial charge in [0.05, 0.1) is 10.8 Å². The highest BCUT2D eigenvalue weighted by atomic mass is 16.3. The molecule has 0 aliphatic heterocycles. The van der Waals surface area contributed by atoms with Gasteiger partial charge in [-0.2, -0.15) is 0 Å². The van der Waals surface area contributed by atoms with E-state index < -0.39 is 10.8 Å². The topological polar surface area (TPSA) is 51.8 Å². The predicted molar refractivity (Wildman–Crippen MR) is 278 cm³/mol. The monoisotopic (exact) mass is 879 g/mol. The fraction of sp³-hybridized carbons (Fsp3) is 0.0308. The summed E-state index contributed by atoms with van der Waals surface area (Å²) in [6.07, 6.45) is 0. The van der Waals surface area contributed by atoms with Gasteiger partial charge in [0.25, 0.3) is 0 Å². The summed E-state index contributed by atoms with van der Waals surface area (Å²) in [6, 6.07) is 89.2. The van der Waals surface area contributed by atoms with Crippen molar-refractivity contribution in [3.05, 3.63) is 293 Å². The molecule has 0 bridgehead atoms. The summed E-state index contributed by atoms with van der Waals surface area (Å²) in [7, 11) is 0. The van der Waals surface area contributed by atoms with Gasteiger partial charge in [-0.15, -0.1) is 0 Å². The molecule has 69 heavy (non-hydrogen) atoms. The zero-order valence-corrected chi connectivity index (χ0v) is 37.4. The minimum absolute atomic E-state index is 0.568. The number of benzene rings is 10. The van der Waals surface area contributed by atoms with Crippen molar-refractivity contribution in [2.75, 3.05) is 0 Å². The van der Waals surface area contributed by atoms with Crippen molar-refractivity contribution in [3.63, 3.8) is 0 Å². The van der Waals surface area contributed by atoms with Crippen molar-refractivity contribution < 1.29 is 4.42 Å². The number of rotatable bonds is 7. The van der Waals surface area contributed by atoms with Gasteiger partial charge in [-0.05, 0) is 79.4 Å². The fourth-order valence-electron chi connectivity index (χ4n) is 11.8. The molecule has 2 aromatic heterocycles. The Labute approximate surface area is 399 Å². The maximum absolute atomic E-state index is 6.85. The molecular formula is C65H41N3O. The minimum atomic E-state index is -0.679. The molecule has 0 N–H and O–H groups in total. The van der Waals surface area contributed by atoms with Crippen LogP contribution in [0.5, 0.6) is 0 Å². The van der Waals surface area contributed by atoms with E-state index in [-0.39, 0.29) is 0 Å². The summed E-state index contributed by atoms with van der Waals surface area (Å²) >= 11 is 0. The smallest absolute Gasteiger partial charge is 0.164 e. The lowest BCUT2D eigenvalue weighted by Gasteiger charge is -2.34. The Morgan fingerprint density at radius 2 is 0.725 bits per heavy atom. The molecular weight excluding hydrogens is 839 g/mol. The van der Waals surface area contributed by atoms with Crippen LogP contribution in [0.15, 0.2) is 253 Å². The van der Waals surface area contributed by atoms with Crippen molar-refractivity contribution in [2.24, 2.45) is 0 Å². The van der Waals surface area contributed by atoms with Gasteiger partial charge >= 0.3 is 0 Å². The van der Waals surface area contributed by atoms with Crippen molar-refractivity contribution in [1.82, 2.24) is 15.0 Å². The minimum Gasteiger partial charge on any atom is -0.455 e. The number of hydrogen-bond donors (Lipinski definition) is 0. The van der Waals surface area contributed by atoms with E-state index in [0.717, 1.165) is 55.3 Å². The fourth-order valence-corrected chi connectivity index (χ4v) is 11.8.